The Kier molecular flexibility index (Phi) is 33.8. The van der Waals surface area contributed by atoms with Crippen molar-refractivity contribution in [3.63, 3.8) is 0 Å². The van der Waals surface area contributed by atoms with Gasteiger partial charge in [-0.15, -0.1) is 0 Å². The van der Waals surface area contributed by atoms with E-state index < -0.39 is 180 Å². The standard InChI is InChI=1S/C65H102N14O34P6/c1-62(2,42(80)18-26-68-44(82)20-28-70-58(88)52(86)63(3,4)32-106-118(100,101)112-116(96,97)104-30-40-50(110-114(90,91)92)48(84)60(108-40)78-36-76-46-54(66)72-34-74-56(46)78)22-10-7-8-12-38-14-16-39(17-15-38)13-9-11-23-65(24-25-65)43(81)19-27-69-45(83)21-29-71-59(89)53(87)64(5,6)33-107-119(102,103)113-117(98,99)105-31-41-51(111-115(93,94)95)49(85)61(109-41)79-37-77-47-55(67)73-35-75-57(47)79/h14-17,34-37,40-41,48-53,60-61,84-87H,7-13,18-33H2,1-6H3,(H,68,82)(H,69,83)(H,70,88)(H,71,89)(H,96,97)(H,98,99)(H,100,101)(H,102,103)(H2,66,72,74)(H2,67,73,75)(H2,90,91,92)(H2,93,94,95). The molecule has 3 fully saturated rings. The van der Waals surface area contributed by atoms with Gasteiger partial charge in [-0.1, -0.05) is 85.1 Å². The van der Waals surface area contributed by atoms with Crippen LogP contribution in [-0.4, -0.2) is 235 Å². The molecule has 48 nitrogen and oxygen atoms in total. The monoisotopic (exact) mass is 1810 g/mol. The number of hydrogen-bond acceptors (Lipinski definition) is 34. The first-order valence-corrected chi connectivity index (χ1v) is 46.3. The molecule has 0 radical (unpaired) electrons. The first kappa shape index (κ1) is 98.1. The van der Waals surface area contributed by atoms with Crippen LogP contribution in [0.3, 0.4) is 0 Å². The Bertz CT molecular complexity index is 4680. The molecule has 119 heavy (non-hydrogen) atoms. The molecule has 1 aliphatic carbocycles. The number of aromatic nitrogens is 8. The van der Waals surface area contributed by atoms with Crippen LogP contribution in [0.2, 0.25) is 0 Å². The van der Waals surface area contributed by atoms with Gasteiger partial charge in [0.25, 0.3) is 0 Å². The van der Waals surface area contributed by atoms with Gasteiger partial charge < -0.3 is 102 Å². The fraction of sp³-hybridized carbons (Fsp3) is 0.662. The maximum absolute atomic E-state index is 13.3. The fourth-order valence-corrected chi connectivity index (χ4v) is 18.5. The number of nitrogens with two attached hydrogens (primary N) is 2. The largest absolute Gasteiger partial charge is 0.481 e. The van der Waals surface area contributed by atoms with Gasteiger partial charge in [-0.2, -0.15) is 8.62 Å². The van der Waals surface area contributed by atoms with Gasteiger partial charge in [0.05, 0.1) is 39.1 Å². The third-order valence-electron chi connectivity index (χ3n) is 19.9. The minimum absolute atomic E-state index is 0.00583. The molecule has 0 bridgehead atoms. The van der Waals surface area contributed by atoms with Gasteiger partial charge in [0.15, 0.2) is 35.4 Å². The SMILES string of the molecule is CC(C)(CCCCCc1ccc(CCCCC2(C(=O)CCNC(=O)CCNC(=O)C(O)C(C)(C)COP(=O)(O)OP(=O)(O)OCC3OC(n4cnc5c(N)ncnc54)C(O)C3OP(=O)(O)O)CC2)cc1)C(=O)CCNC(=O)CCNC(=O)C(O)C(C)(C)COP(=O)(O)OP(=O)(O)OCC1OC(n2cnc3c(N)ncnc32)C(O)C1OP(=O)(O)O. The van der Waals surface area contributed by atoms with Gasteiger partial charge in [0.1, 0.15) is 84.1 Å². The van der Waals surface area contributed by atoms with E-state index in [0.29, 0.717) is 12.8 Å². The molecule has 5 aromatic rings. The smallest absolute Gasteiger partial charge is 0.386 e. The second kappa shape index (κ2) is 41.0. The lowest BCUT2D eigenvalue weighted by Crippen LogP contribution is -2.46. The van der Waals surface area contributed by atoms with Crippen LogP contribution in [0.25, 0.3) is 22.3 Å². The number of ketones is 2. The number of phosphoric acid groups is 6. The summed E-state index contributed by atoms with van der Waals surface area (Å²) in [5.74, 6) is -3.21. The highest BCUT2D eigenvalue weighted by molar-refractivity contribution is 7.61. The average Bonchev–Trinajstić information content (AvgIpc) is 1.62. The summed E-state index contributed by atoms with van der Waals surface area (Å²) in [7, 11) is -33.2. The lowest BCUT2D eigenvalue weighted by Gasteiger charge is -2.30. The van der Waals surface area contributed by atoms with Gasteiger partial charge >= 0.3 is 46.9 Å². The summed E-state index contributed by atoms with van der Waals surface area (Å²) in [6.07, 6.45) is -5.65. The summed E-state index contributed by atoms with van der Waals surface area (Å²) in [5.41, 5.74) is 9.58. The highest BCUT2D eigenvalue weighted by atomic mass is 31.3. The van der Waals surface area contributed by atoms with Crippen LogP contribution in [-0.2, 0) is 114 Å². The normalized spacial score (nSPS) is 22.3. The topological polar surface area (TPSA) is 727 Å². The third kappa shape index (κ3) is 28.9. The van der Waals surface area contributed by atoms with Gasteiger partial charge in [0.2, 0.25) is 23.6 Å². The van der Waals surface area contributed by atoms with Crippen LogP contribution in [0, 0.1) is 21.7 Å². The Balaban J connectivity index is 0.626. The summed E-state index contributed by atoms with van der Waals surface area (Å²) >= 11 is 0. The Hall–Kier alpha value is -6.36. The van der Waals surface area contributed by atoms with Crippen molar-refractivity contribution >= 4 is 116 Å². The predicted octanol–water partition coefficient (Wildman–Crippen LogP) is 2.06. The molecule has 14 unspecified atom stereocenters. The number of Topliss-reactive ketones (excluding diaryl/α,β-unsaturated/α-hetero) is 2. The molecule has 2 aliphatic heterocycles. The van der Waals surface area contributed by atoms with Crippen molar-refractivity contribution in [2.24, 2.45) is 21.7 Å². The molecule has 6 heterocycles. The molecule has 8 rings (SSSR count). The quantitative estimate of drug-likeness (QED) is 0.0196. The van der Waals surface area contributed by atoms with E-state index in [9.17, 15) is 116 Å². The molecule has 4 amide bonds. The highest BCUT2D eigenvalue weighted by Crippen LogP contribution is 2.63. The Morgan fingerprint density at radius 1 is 0.529 bits per heavy atom. The molecular weight excluding hydrogens is 1710 g/mol. The number of nitrogens with zero attached hydrogens (tertiary/aromatic N) is 8. The van der Waals surface area contributed by atoms with Crippen molar-refractivity contribution in [2.75, 3.05) is 64.1 Å². The van der Waals surface area contributed by atoms with Gasteiger partial charge in [-0.05, 0) is 62.5 Å². The van der Waals surface area contributed by atoms with Crippen LogP contribution < -0.4 is 32.7 Å². The van der Waals surface area contributed by atoms with Crippen LogP contribution in [0.15, 0.2) is 49.6 Å². The number of imidazole rings is 2. The number of aliphatic hydroxyl groups excluding tert-OH is 4. The molecule has 666 valence electrons. The number of aryl methyl sites for hydroxylation is 2. The van der Waals surface area contributed by atoms with E-state index in [1.807, 2.05) is 13.8 Å². The molecule has 54 heteroatoms. The number of amides is 4. The molecule has 4 aromatic heterocycles. The van der Waals surface area contributed by atoms with E-state index in [0.717, 1.165) is 103 Å². The number of ether oxygens (including phenoxy) is 2. The average molecular weight is 1810 g/mol. The summed E-state index contributed by atoms with van der Waals surface area (Å²) < 4.78 is 126. The van der Waals surface area contributed by atoms with E-state index in [4.69, 9.17) is 39.0 Å². The van der Waals surface area contributed by atoms with Crippen molar-refractivity contribution in [1.29, 1.82) is 0 Å². The summed E-state index contributed by atoms with van der Waals surface area (Å²) in [6.45, 7) is 3.96. The number of carbonyl (C=O) groups is 6. The zero-order chi connectivity index (χ0) is 88.1. The zero-order valence-corrected chi connectivity index (χ0v) is 70.8. The van der Waals surface area contributed by atoms with Crippen LogP contribution in [0.5, 0.6) is 0 Å². The van der Waals surface area contributed by atoms with Gasteiger partial charge in [-0.3, -0.25) is 65.0 Å². The number of nitrogen functional groups attached to an aromatic ring is 2. The van der Waals surface area contributed by atoms with E-state index >= 15 is 0 Å². The molecular formula is C65H102N14O34P6. The van der Waals surface area contributed by atoms with Crippen molar-refractivity contribution in [3.8, 4) is 0 Å². The molecule has 1 saturated carbocycles. The Morgan fingerprint density at radius 3 is 1.32 bits per heavy atom. The lowest BCUT2D eigenvalue weighted by atomic mass is 9.81. The molecule has 0 spiro atoms. The number of rotatable bonds is 51. The molecule has 3 aliphatic rings. The number of unbranched alkanes of at least 4 members (excludes halogenated alkanes) is 3. The van der Waals surface area contributed by atoms with Crippen LogP contribution >= 0.6 is 46.9 Å². The number of phosphoric ester groups is 6. The zero-order valence-electron chi connectivity index (χ0n) is 65.4. The second-order valence-electron chi connectivity index (χ2n) is 30.7. The summed E-state index contributed by atoms with van der Waals surface area (Å²) in [6, 6.07) is 8.36. The number of fused-ring (bicyclic) bond motifs is 2. The van der Waals surface area contributed by atoms with Crippen molar-refractivity contribution in [1.82, 2.24) is 60.3 Å². The number of aliphatic hydroxyl groups is 4. The number of hydrogen-bond donors (Lipinski definition) is 18. The number of benzene rings is 1. The first-order valence-electron chi connectivity index (χ1n) is 37.2. The number of nitrogens with one attached hydrogen (secondary N) is 4. The van der Waals surface area contributed by atoms with E-state index in [1.165, 1.54) is 27.7 Å². The first-order chi connectivity index (χ1) is 55.3. The van der Waals surface area contributed by atoms with Gasteiger partial charge in [-0.25, -0.2) is 57.3 Å². The molecule has 2 saturated heterocycles. The molecule has 14 atom stereocenters. The summed E-state index contributed by atoms with van der Waals surface area (Å²) in [4.78, 5) is 181. The van der Waals surface area contributed by atoms with Crippen LogP contribution in [0.4, 0.5) is 11.6 Å². The Labute approximate surface area is 680 Å². The minimum Gasteiger partial charge on any atom is -0.386 e. The van der Waals surface area contributed by atoms with Crippen LogP contribution in [0.1, 0.15) is 149 Å². The fourth-order valence-electron chi connectivity index (χ4n) is 12.8. The third-order valence-corrected chi connectivity index (χ3v) is 26.1. The van der Waals surface area contributed by atoms with Crippen molar-refractivity contribution < 1.29 is 161 Å². The maximum Gasteiger partial charge on any atom is 0.481 e. The van der Waals surface area contributed by atoms with E-state index in [-0.39, 0.29) is 97.4 Å². The number of anilines is 2. The van der Waals surface area contributed by atoms with Gasteiger partial charge in [0, 0.05) is 73.5 Å². The summed E-state index contributed by atoms with van der Waals surface area (Å²) in [5, 5.41) is 53.6. The van der Waals surface area contributed by atoms with Crippen molar-refractivity contribution in [3.05, 3.63) is 60.7 Å². The molecule has 1 aromatic carbocycles. The Morgan fingerprint density at radius 2 is 0.916 bits per heavy atom. The maximum atomic E-state index is 13.3. The second-order valence-corrected chi connectivity index (χ2v) is 39.2. The lowest BCUT2D eigenvalue weighted by molar-refractivity contribution is -0.137. The highest BCUT2D eigenvalue weighted by Gasteiger charge is 2.53. The number of carbonyl (C=O) groups excluding carboxylic acids is 6. The van der Waals surface area contributed by atoms with E-state index in [1.54, 1.807) is 0 Å². The molecule has 20 N–H and O–H groups in total. The predicted molar refractivity (Wildman–Crippen MR) is 410 cm³/mol. The van der Waals surface area contributed by atoms with Crippen molar-refractivity contribution in [2.45, 2.75) is 199 Å². The van der Waals surface area contributed by atoms with E-state index in [2.05, 4.69) is 93.1 Å². The minimum atomic E-state index is -5.64.